The first-order chi connectivity index (χ1) is 8.40. The summed E-state index contributed by atoms with van der Waals surface area (Å²) in [6.45, 7) is 8.89. The summed E-state index contributed by atoms with van der Waals surface area (Å²) < 4.78 is 0. The molecule has 0 aliphatic carbocycles. The van der Waals surface area contributed by atoms with Crippen LogP contribution < -0.4 is 16.6 Å². The van der Waals surface area contributed by atoms with E-state index in [1.807, 2.05) is 6.92 Å². The van der Waals surface area contributed by atoms with Gasteiger partial charge in [-0.3, -0.25) is 0 Å². The summed E-state index contributed by atoms with van der Waals surface area (Å²) in [4.78, 5) is 8.94. The SMILES string of the molecule is Cc1c(NN)nc(C(C)(C)C)nc1NCCCO. The molecule has 0 fully saturated rings. The van der Waals surface area contributed by atoms with Gasteiger partial charge in [-0.05, 0) is 13.3 Å². The van der Waals surface area contributed by atoms with E-state index in [1.54, 1.807) is 0 Å². The van der Waals surface area contributed by atoms with Gasteiger partial charge in [0.2, 0.25) is 0 Å². The van der Waals surface area contributed by atoms with Crippen molar-refractivity contribution in [2.75, 3.05) is 23.9 Å². The Labute approximate surface area is 108 Å². The van der Waals surface area contributed by atoms with Gasteiger partial charge in [-0.1, -0.05) is 20.8 Å². The first-order valence-electron chi connectivity index (χ1n) is 6.10. The molecule has 0 aliphatic rings. The molecule has 102 valence electrons. The van der Waals surface area contributed by atoms with Gasteiger partial charge in [0.1, 0.15) is 17.5 Å². The molecule has 0 spiro atoms. The second kappa shape index (κ2) is 5.97. The zero-order valence-corrected chi connectivity index (χ0v) is 11.5. The lowest BCUT2D eigenvalue weighted by atomic mass is 9.95. The smallest absolute Gasteiger partial charge is 0.148 e. The third-order valence-corrected chi connectivity index (χ3v) is 2.58. The van der Waals surface area contributed by atoms with Crippen LogP contribution in [0.5, 0.6) is 0 Å². The van der Waals surface area contributed by atoms with Gasteiger partial charge < -0.3 is 15.8 Å². The average Bonchev–Trinajstić information content (AvgIpc) is 2.30. The maximum absolute atomic E-state index is 8.79. The third-order valence-electron chi connectivity index (χ3n) is 2.58. The van der Waals surface area contributed by atoms with E-state index < -0.39 is 0 Å². The lowest BCUT2D eigenvalue weighted by molar-refractivity contribution is 0.292. The quantitative estimate of drug-likeness (QED) is 0.357. The largest absolute Gasteiger partial charge is 0.396 e. The first-order valence-corrected chi connectivity index (χ1v) is 6.10. The fourth-order valence-corrected chi connectivity index (χ4v) is 1.45. The predicted octanol–water partition coefficient (Wildman–Crippen LogP) is 1.16. The molecule has 1 heterocycles. The average molecular weight is 253 g/mol. The Bertz CT molecular complexity index is 400. The summed E-state index contributed by atoms with van der Waals surface area (Å²) in [5.41, 5.74) is 3.33. The van der Waals surface area contributed by atoms with Gasteiger partial charge in [-0.25, -0.2) is 15.8 Å². The Morgan fingerprint density at radius 3 is 2.33 bits per heavy atom. The van der Waals surface area contributed by atoms with E-state index in [9.17, 15) is 0 Å². The van der Waals surface area contributed by atoms with Crippen molar-refractivity contribution in [2.45, 2.75) is 39.5 Å². The molecule has 6 heteroatoms. The first kappa shape index (κ1) is 14.7. The molecule has 0 bridgehead atoms. The standard InChI is InChI=1S/C12H23N5O/c1-8-9(14-6-5-7-18)15-11(12(2,3)4)16-10(8)17-13/h18H,5-7,13H2,1-4H3,(H2,14,15,16,17). The molecule has 0 saturated carbocycles. The minimum Gasteiger partial charge on any atom is -0.396 e. The molecule has 0 aromatic carbocycles. The normalized spacial score (nSPS) is 11.4. The summed E-state index contributed by atoms with van der Waals surface area (Å²) in [6.07, 6.45) is 0.680. The molecule has 6 nitrogen and oxygen atoms in total. The minimum atomic E-state index is -0.146. The van der Waals surface area contributed by atoms with E-state index in [1.165, 1.54) is 0 Å². The summed E-state index contributed by atoms with van der Waals surface area (Å²) in [6, 6.07) is 0. The lowest BCUT2D eigenvalue weighted by Gasteiger charge is -2.20. The van der Waals surface area contributed by atoms with E-state index in [-0.39, 0.29) is 12.0 Å². The van der Waals surface area contributed by atoms with Crippen LogP contribution in [-0.2, 0) is 5.41 Å². The lowest BCUT2D eigenvalue weighted by Crippen LogP contribution is -2.21. The number of nitrogens with zero attached hydrogens (tertiary/aromatic N) is 2. The highest BCUT2D eigenvalue weighted by Gasteiger charge is 2.20. The van der Waals surface area contributed by atoms with Gasteiger partial charge in [0, 0.05) is 24.1 Å². The van der Waals surface area contributed by atoms with Crippen molar-refractivity contribution in [1.29, 1.82) is 0 Å². The van der Waals surface area contributed by atoms with Crippen LogP contribution in [0, 0.1) is 6.92 Å². The Kier molecular flexibility index (Phi) is 4.86. The Balaban J connectivity index is 3.07. The molecule has 0 unspecified atom stereocenters. The van der Waals surface area contributed by atoms with Gasteiger partial charge in [0.15, 0.2) is 0 Å². The van der Waals surface area contributed by atoms with E-state index in [2.05, 4.69) is 41.5 Å². The molecule has 0 atom stereocenters. The Morgan fingerprint density at radius 2 is 1.83 bits per heavy atom. The van der Waals surface area contributed by atoms with Crippen molar-refractivity contribution in [3.8, 4) is 0 Å². The molecule has 0 amide bonds. The second-order valence-electron chi connectivity index (χ2n) is 5.27. The zero-order valence-electron chi connectivity index (χ0n) is 11.5. The molecule has 1 aromatic rings. The number of hydrogen-bond acceptors (Lipinski definition) is 6. The number of rotatable bonds is 5. The number of anilines is 2. The fraction of sp³-hybridized carbons (Fsp3) is 0.667. The number of aliphatic hydroxyl groups excluding tert-OH is 1. The van der Waals surface area contributed by atoms with Crippen LogP contribution in [0.2, 0.25) is 0 Å². The van der Waals surface area contributed by atoms with E-state index in [0.717, 1.165) is 17.2 Å². The van der Waals surface area contributed by atoms with Crippen molar-refractivity contribution in [2.24, 2.45) is 5.84 Å². The minimum absolute atomic E-state index is 0.146. The maximum atomic E-state index is 8.79. The topological polar surface area (TPSA) is 96.1 Å². The highest BCUT2D eigenvalue weighted by atomic mass is 16.3. The molecule has 18 heavy (non-hydrogen) atoms. The molecule has 0 aliphatic heterocycles. The van der Waals surface area contributed by atoms with Crippen LogP contribution in [0.25, 0.3) is 0 Å². The molecule has 1 aromatic heterocycles. The van der Waals surface area contributed by atoms with Crippen molar-refractivity contribution in [1.82, 2.24) is 9.97 Å². The van der Waals surface area contributed by atoms with Gasteiger partial charge >= 0.3 is 0 Å². The summed E-state index contributed by atoms with van der Waals surface area (Å²) >= 11 is 0. The van der Waals surface area contributed by atoms with Crippen molar-refractivity contribution >= 4 is 11.6 Å². The predicted molar refractivity (Wildman–Crippen MR) is 73.5 cm³/mol. The number of hydrazine groups is 1. The van der Waals surface area contributed by atoms with E-state index >= 15 is 0 Å². The second-order valence-corrected chi connectivity index (χ2v) is 5.27. The number of nitrogens with two attached hydrogens (primary N) is 1. The number of hydrogen-bond donors (Lipinski definition) is 4. The molecule has 0 radical (unpaired) electrons. The van der Waals surface area contributed by atoms with Gasteiger partial charge in [0.05, 0.1) is 0 Å². The zero-order chi connectivity index (χ0) is 13.8. The van der Waals surface area contributed by atoms with Crippen LogP contribution in [-0.4, -0.2) is 28.2 Å². The van der Waals surface area contributed by atoms with Gasteiger partial charge in [-0.2, -0.15) is 0 Å². The van der Waals surface area contributed by atoms with Crippen molar-refractivity contribution in [3.05, 3.63) is 11.4 Å². The number of nitrogen functional groups attached to an aromatic ring is 1. The van der Waals surface area contributed by atoms with Crippen LogP contribution in [0.4, 0.5) is 11.6 Å². The summed E-state index contributed by atoms with van der Waals surface area (Å²) in [5.74, 6) is 7.59. The Morgan fingerprint density at radius 1 is 1.22 bits per heavy atom. The Hall–Kier alpha value is -1.40. The third kappa shape index (κ3) is 3.54. The molecular weight excluding hydrogens is 230 g/mol. The molecule has 5 N–H and O–H groups in total. The van der Waals surface area contributed by atoms with E-state index in [4.69, 9.17) is 10.9 Å². The van der Waals surface area contributed by atoms with Crippen LogP contribution in [0.3, 0.4) is 0 Å². The van der Waals surface area contributed by atoms with Crippen LogP contribution in [0.1, 0.15) is 38.6 Å². The monoisotopic (exact) mass is 253 g/mol. The highest BCUT2D eigenvalue weighted by molar-refractivity contribution is 5.57. The number of nitrogens with one attached hydrogen (secondary N) is 2. The molecular formula is C12H23N5O. The van der Waals surface area contributed by atoms with E-state index in [0.29, 0.717) is 18.8 Å². The van der Waals surface area contributed by atoms with Crippen molar-refractivity contribution < 1.29 is 5.11 Å². The molecule has 0 saturated heterocycles. The highest BCUT2D eigenvalue weighted by Crippen LogP contribution is 2.25. The number of aliphatic hydroxyl groups is 1. The maximum Gasteiger partial charge on any atom is 0.148 e. The summed E-state index contributed by atoms with van der Waals surface area (Å²) in [7, 11) is 0. The summed E-state index contributed by atoms with van der Waals surface area (Å²) in [5, 5.41) is 12.0. The van der Waals surface area contributed by atoms with Crippen molar-refractivity contribution in [3.63, 3.8) is 0 Å². The fourth-order valence-electron chi connectivity index (χ4n) is 1.45. The van der Waals surface area contributed by atoms with Crippen LogP contribution in [0.15, 0.2) is 0 Å². The number of aromatic nitrogens is 2. The molecule has 1 rings (SSSR count). The van der Waals surface area contributed by atoms with Gasteiger partial charge in [-0.15, -0.1) is 0 Å². The van der Waals surface area contributed by atoms with Crippen LogP contribution >= 0.6 is 0 Å². The van der Waals surface area contributed by atoms with Gasteiger partial charge in [0.25, 0.3) is 0 Å².